The molecule has 1 saturated heterocycles. The molecule has 0 saturated carbocycles. The van der Waals surface area contributed by atoms with E-state index in [1.807, 2.05) is 0 Å². The molecule has 2 aromatic rings. The first-order chi connectivity index (χ1) is 11.9. The van der Waals surface area contributed by atoms with Crippen LogP contribution in [-0.4, -0.2) is 36.0 Å². The van der Waals surface area contributed by atoms with Gasteiger partial charge in [-0.3, -0.25) is 15.0 Å². The second-order valence-corrected chi connectivity index (χ2v) is 7.02. The van der Waals surface area contributed by atoms with Gasteiger partial charge >= 0.3 is 0 Å². The molecular formula is C19H22ClN3O2. The second kappa shape index (κ2) is 7.42. The fourth-order valence-corrected chi connectivity index (χ4v) is 3.50. The fourth-order valence-electron chi connectivity index (χ4n) is 3.31. The van der Waals surface area contributed by atoms with E-state index in [9.17, 15) is 10.1 Å². The lowest BCUT2D eigenvalue weighted by molar-refractivity contribution is -0.385. The van der Waals surface area contributed by atoms with Crippen LogP contribution >= 0.6 is 11.6 Å². The van der Waals surface area contributed by atoms with Crippen LogP contribution in [0.1, 0.15) is 16.7 Å². The first-order valence-corrected chi connectivity index (χ1v) is 8.79. The Labute approximate surface area is 153 Å². The molecule has 1 heterocycles. The first kappa shape index (κ1) is 17.7. The number of hydrogen-bond acceptors (Lipinski definition) is 4. The monoisotopic (exact) mass is 359 g/mol. The molecule has 0 unspecified atom stereocenters. The number of nitro benzene ring substituents is 1. The van der Waals surface area contributed by atoms with Crippen LogP contribution in [0.2, 0.25) is 5.02 Å². The topological polar surface area (TPSA) is 49.6 Å². The molecular weight excluding hydrogens is 338 g/mol. The third-order valence-electron chi connectivity index (χ3n) is 4.71. The number of halogens is 1. The molecule has 0 spiro atoms. The highest BCUT2D eigenvalue weighted by molar-refractivity contribution is 6.30. The molecule has 1 fully saturated rings. The summed E-state index contributed by atoms with van der Waals surface area (Å²) in [6, 6.07) is 11.3. The zero-order valence-corrected chi connectivity index (χ0v) is 15.3. The van der Waals surface area contributed by atoms with E-state index in [0.29, 0.717) is 17.1 Å². The summed E-state index contributed by atoms with van der Waals surface area (Å²) in [6.45, 7) is 8.37. The highest BCUT2D eigenvalue weighted by atomic mass is 35.5. The van der Waals surface area contributed by atoms with E-state index in [2.05, 4.69) is 41.8 Å². The third kappa shape index (κ3) is 4.11. The van der Waals surface area contributed by atoms with Crippen molar-refractivity contribution in [2.24, 2.45) is 0 Å². The lowest BCUT2D eigenvalue weighted by Gasteiger charge is -2.37. The van der Waals surface area contributed by atoms with Crippen LogP contribution < -0.4 is 4.90 Å². The maximum Gasteiger partial charge on any atom is 0.273 e. The predicted molar refractivity (Wildman–Crippen MR) is 102 cm³/mol. The van der Waals surface area contributed by atoms with E-state index >= 15 is 0 Å². The van der Waals surface area contributed by atoms with E-state index < -0.39 is 0 Å². The summed E-state index contributed by atoms with van der Waals surface area (Å²) >= 11 is 6.03. The maximum absolute atomic E-state index is 11.2. The number of hydrogen-bond donors (Lipinski definition) is 0. The van der Waals surface area contributed by atoms with E-state index in [4.69, 9.17) is 11.6 Å². The van der Waals surface area contributed by atoms with Crippen LogP contribution in [0.4, 0.5) is 11.4 Å². The zero-order chi connectivity index (χ0) is 18.0. The van der Waals surface area contributed by atoms with Gasteiger partial charge in [0.2, 0.25) is 0 Å². The van der Waals surface area contributed by atoms with Crippen LogP contribution in [-0.2, 0) is 6.54 Å². The minimum atomic E-state index is -0.335. The van der Waals surface area contributed by atoms with Crippen LogP contribution in [0.5, 0.6) is 0 Å². The normalized spacial score (nSPS) is 15.4. The van der Waals surface area contributed by atoms with Crippen LogP contribution in [0.25, 0.3) is 0 Å². The average Bonchev–Trinajstić information content (AvgIpc) is 2.58. The molecule has 3 rings (SSSR count). The summed E-state index contributed by atoms with van der Waals surface area (Å²) in [5, 5.41) is 11.8. The smallest absolute Gasteiger partial charge is 0.273 e. The van der Waals surface area contributed by atoms with Gasteiger partial charge in [0.05, 0.1) is 4.92 Å². The lowest BCUT2D eigenvalue weighted by atomic mass is 10.1. The molecule has 1 aliphatic heterocycles. The molecule has 2 aromatic carbocycles. The lowest BCUT2D eigenvalue weighted by Crippen LogP contribution is -2.46. The second-order valence-electron chi connectivity index (χ2n) is 6.58. The van der Waals surface area contributed by atoms with Crippen molar-refractivity contribution in [3.63, 3.8) is 0 Å². The van der Waals surface area contributed by atoms with Crippen molar-refractivity contribution in [1.29, 1.82) is 0 Å². The van der Waals surface area contributed by atoms with Gasteiger partial charge in [0.15, 0.2) is 0 Å². The van der Waals surface area contributed by atoms with Gasteiger partial charge in [-0.1, -0.05) is 23.7 Å². The number of piperazine rings is 1. The maximum atomic E-state index is 11.2. The Kier molecular flexibility index (Phi) is 5.25. The van der Waals surface area contributed by atoms with E-state index in [1.54, 1.807) is 12.1 Å². The highest BCUT2D eigenvalue weighted by Gasteiger charge is 2.22. The molecule has 5 nitrogen and oxygen atoms in total. The molecule has 0 aromatic heterocycles. The fraction of sp³-hybridized carbons (Fsp3) is 0.368. The summed E-state index contributed by atoms with van der Waals surface area (Å²) in [6.07, 6.45) is 0. The molecule has 0 aliphatic carbocycles. The molecule has 0 N–H and O–H groups in total. The van der Waals surface area contributed by atoms with Gasteiger partial charge in [-0.05, 0) is 43.2 Å². The molecule has 1 aliphatic rings. The number of aryl methyl sites for hydroxylation is 2. The molecule has 0 radical (unpaired) electrons. The zero-order valence-electron chi connectivity index (χ0n) is 14.5. The first-order valence-electron chi connectivity index (χ1n) is 8.41. The Bertz CT molecular complexity index is 786. The largest absolute Gasteiger partial charge is 0.369 e. The average molecular weight is 360 g/mol. The summed E-state index contributed by atoms with van der Waals surface area (Å²) in [5.41, 5.74) is 4.65. The molecule has 25 heavy (non-hydrogen) atoms. The summed E-state index contributed by atoms with van der Waals surface area (Å²) in [5.74, 6) is 0. The van der Waals surface area contributed by atoms with Crippen molar-refractivity contribution in [2.45, 2.75) is 20.4 Å². The van der Waals surface area contributed by atoms with Crippen LogP contribution in [0.3, 0.4) is 0 Å². The van der Waals surface area contributed by atoms with Gasteiger partial charge in [0, 0.05) is 55.1 Å². The highest BCUT2D eigenvalue weighted by Crippen LogP contribution is 2.26. The number of rotatable bonds is 4. The van der Waals surface area contributed by atoms with Gasteiger partial charge in [0.1, 0.15) is 0 Å². The van der Waals surface area contributed by atoms with Crippen molar-refractivity contribution >= 4 is 23.0 Å². The van der Waals surface area contributed by atoms with Gasteiger partial charge < -0.3 is 4.90 Å². The minimum Gasteiger partial charge on any atom is -0.369 e. The quantitative estimate of drug-likeness (QED) is 0.606. The Morgan fingerprint density at radius 3 is 2.48 bits per heavy atom. The number of anilines is 1. The molecule has 132 valence electrons. The number of nitro groups is 1. The SMILES string of the molecule is Cc1ccc(C)c(N2CCN(Cc3cc(Cl)ccc3[N+](=O)[O-])CC2)c1. The van der Waals surface area contributed by atoms with Gasteiger partial charge in [-0.15, -0.1) is 0 Å². The van der Waals surface area contributed by atoms with Crippen LogP contribution in [0.15, 0.2) is 36.4 Å². The van der Waals surface area contributed by atoms with Crippen LogP contribution in [0, 0.1) is 24.0 Å². The van der Waals surface area contributed by atoms with Crippen molar-refractivity contribution in [3.8, 4) is 0 Å². The molecule has 0 amide bonds. The molecule has 0 bridgehead atoms. The van der Waals surface area contributed by atoms with Crippen molar-refractivity contribution in [1.82, 2.24) is 4.90 Å². The standard InChI is InChI=1S/C19H22ClN3O2/c1-14-3-4-15(2)19(11-14)22-9-7-21(8-10-22)13-16-12-17(20)5-6-18(16)23(24)25/h3-6,11-12H,7-10,13H2,1-2H3. The summed E-state index contributed by atoms with van der Waals surface area (Å²) < 4.78 is 0. The Morgan fingerprint density at radius 2 is 1.80 bits per heavy atom. The van der Waals surface area contributed by atoms with Gasteiger partial charge in [-0.2, -0.15) is 0 Å². The Hall–Kier alpha value is -2.11. The third-order valence-corrected chi connectivity index (χ3v) is 4.94. The van der Waals surface area contributed by atoms with Gasteiger partial charge in [-0.25, -0.2) is 0 Å². The minimum absolute atomic E-state index is 0.140. The van der Waals surface area contributed by atoms with Crippen molar-refractivity contribution < 1.29 is 4.92 Å². The van der Waals surface area contributed by atoms with Gasteiger partial charge in [0.25, 0.3) is 5.69 Å². The number of nitrogens with zero attached hydrogens (tertiary/aromatic N) is 3. The van der Waals surface area contributed by atoms with Crippen molar-refractivity contribution in [2.75, 3.05) is 31.1 Å². The molecule has 6 heteroatoms. The van der Waals surface area contributed by atoms with E-state index in [1.165, 1.54) is 22.9 Å². The predicted octanol–water partition coefficient (Wildman–Crippen LogP) is 4.19. The Morgan fingerprint density at radius 1 is 1.08 bits per heavy atom. The molecule has 0 atom stereocenters. The van der Waals surface area contributed by atoms with E-state index in [-0.39, 0.29) is 10.6 Å². The Balaban J connectivity index is 1.68. The van der Waals surface area contributed by atoms with Crippen molar-refractivity contribution in [3.05, 3.63) is 68.2 Å². The summed E-state index contributed by atoms with van der Waals surface area (Å²) in [7, 11) is 0. The van der Waals surface area contributed by atoms with E-state index in [0.717, 1.165) is 26.2 Å². The summed E-state index contributed by atoms with van der Waals surface area (Å²) in [4.78, 5) is 15.5. The number of benzene rings is 2.